The van der Waals surface area contributed by atoms with Gasteiger partial charge in [-0.25, -0.2) is 0 Å². The number of rotatable bonds is 9. The van der Waals surface area contributed by atoms with Gasteiger partial charge in [0.25, 0.3) is 0 Å². The molecule has 1 aromatic carbocycles. The minimum absolute atomic E-state index is 0.282. The van der Waals surface area contributed by atoms with Crippen LogP contribution in [0.1, 0.15) is 51.1 Å². The maximum absolute atomic E-state index is 9.09. The van der Waals surface area contributed by atoms with Gasteiger partial charge in [-0.05, 0) is 49.4 Å². The molecular weight excluding hydrogens is 258 g/mol. The lowest BCUT2D eigenvalue weighted by Crippen LogP contribution is -2.27. The van der Waals surface area contributed by atoms with Crippen LogP contribution in [0.5, 0.6) is 0 Å². The van der Waals surface area contributed by atoms with E-state index in [0.29, 0.717) is 12.0 Å². The van der Waals surface area contributed by atoms with Gasteiger partial charge >= 0.3 is 0 Å². The van der Waals surface area contributed by atoms with Crippen LogP contribution in [0.25, 0.3) is 0 Å². The number of aliphatic hydroxyl groups is 1. The second kappa shape index (κ2) is 9.35. The Hall–Kier alpha value is -0.570. The third-order valence-electron chi connectivity index (χ3n) is 3.57. The van der Waals surface area contributed by atoms with E-state index in [1.54, 1.807) is 0 Å². The number of aliphatic hydroxyl groups excluding tert-OH is 1. The van der Waals surface area contributed by atoms with E-state index in [4.69, 9.17) is 16.7 Å². The van der Waals surface area contributed by atoms with Crippen LogP contribution in [0.3, 0.4) is 0 Å². The molecule has 0 aromatic heterocycles. The van der Waals surface area contributed by atoms with E-state index >= 15 is 0 Å². The first-order valence-corrected chi connectivity index (χ1v) is 7.68. The smallest absolute Gasteiger partial charge is 0.0434 e. The molecule has 0 fully saturated rings. The summed E-state index contributed by atoms with van der Waals surface area (Å²) in [6.45, 7) is 5.63. The predicted octanol–water partition coefficient (Wildman–Crippen LogP) is 4.18. The van der Waals surface area contributed by atoms with Crippen molar-refractivity contribution in [1.29, 1.82) is 0 Å². The molecule has 19 heavy (non-hydrogen) atoms. The molecule has 2 nitrogen and oxygen atoms in total. The molecule has 0 amide bonds. The zero-order chi connectivity index (χ0) is 14.1. The fraction of sp³-hybridized carbons (Fsp3) is 0.625. The molecule has 0 heterocycles. The van der Waals surface area contributed by atoms with Gasteiger partial charge in [0.15, 0.2) is 0 Å². The van der Waals surface area contributed by atoms with Crippen molar-refractivity contribution in [2.45, 2.75) is 45.6 Å². The van der Waals surface area contributed by atoms with E-state index in [1.165, 1.54) is 18.4 Å². The number of nitrogens with one attached hydrogen (secondary N) is 1. The summed E-state index contributed by atoms with van der Waals surface area (Å²) in [5.41, 5.74) is 1.28. The average molecular weight is 284 g/mol. The van der Waals surface area contributed by atoms with Crippen LogP contribution in [0.15, 0.2) is 24.3 Å². The van der Waals surface area contributed by atoms with Crippen molar-refractivity contribution >= 4 is 11.6 Å². The van der Waals surface area contributed by atoms with Crippen LogP contribution in [-0.4, -0.2) is 18.3 Å². The Morgan fingerprint density at radius 1 is 1.16 bits per heavy atom. The summed E-state index contributed by atoms with van der Waals surface area (Å²) < 4.78 is 0. The van der Waals surface area contributed by atoms with Crippen molar-refractivity contribution < 1.29 is 5.11 Å². The molecule has 0 spiro atoms. The van der Waals surface area contributed by atoms with Crippen LogP contribution >= 0.6 is 11.6 Å². The highest BCUT2D eigenvalue weighted by atomic mass is 35.5. The lowest BCUT2D eigenvalue weighted by molar-refractivity contribution is 0.244. The van der Waals surface area contributed by atoms with Crippen LogP contribution in [0, 0.1) is 5.92 Å². The molecule has 0 aliphatic rings. The first-order chi connectivity index (χ1) is 9.21. The van der Waals surface area contributed by atoms with Gasteiger partial charge in [0.05, 0.1) is 0 Å². The molecule has 0 radical (unpaired) electrons. The fourth-order valence-corrected chi connectivity index (χ4v) is 2.57. The van der Waals surface area contributed by atoms with Crippen LogP contribution in [-0.2, 0) is 0 Å². The largest absolute Gasteiger partial charge is 0.396 e. The molecular formula is C16H26ClNO. The van der Waals surface area contributed by atoms with Crippen molar-refractivity contribution in [3.05, 3.63) is 34.9 Å². The number of halogens is 1. The van der Waals surface area contributed by atoms with Gasteiger partial charge in [-0.15, -0.1) is 0 Å². The van der Waals surface area contributed by atoms with E-state index in [0.717, 1.165) is 24.4 Å². The Morgan fingerprint density at radius 3 is 2.37 bits per heavy atom. The molecule has 1 rings (SSSR count). The lowest BCUT2D eigenvalue weighted by Gasteiger charge is -2.22. The number of benzene rings is 1. The normalized spacial score (nSPS) is 14.3. The maximum atomic E-state index is 9.09. The molecule has 2 N–H and O–H groups in total. The molecule has 0 saturated heterocycles. The summed E-state index contributed by atoms with van der Waals surface area (Å²) in [6.07, 6.45) is 4.28. The minimum Gasteiger partial charge on any atom is -0.396 e. The van der Waals surface area contributed by atoms with Crippen molar-refractivity contribution in [1.82, 2.24) is 5.32 Å². The zero-order valence-electron chi connectivity index (χ0n) is 12.0. The number of hydrogen-bond acceptors (Lipinski definition) is 2. The molecule has 108 valence electrons. The quantitative estimate of drug-likeness (QED) is 0.713. The van der Waals surface area contributed by atoms with Gasteiger partial charge in [-0.2, -0.15) is 0 Å². The van der Waals surface area contributed by atoms with Gasteiger partial charge in [0.1, 0.15) is 0 Å². The van der Waals surface area contributed by atoms with Gasteiger partial charge < -0.3 is 10.4 Å². The average Bonchev–Trinajstić information content (AvgIpc) is 2.41. The molecule has 3 heteroatoms. The molecule has 1 aromatic rings. The van der Waals surface area contributed by atoms with Crippen molar-refractivity contribution in [3.8, 4) is 0 Å². The predicted molar refractivity (Wildman–Crippen MR) is 82.6 cm³/mol. The molecule has 0 saturated carbocycles. The van der Waals surface area contributed by atoms with Gasteiger partial charge in [-0.1, -0.05) is 44.0 Å². The molecule has 2 atom stereocenters. The molecule has 2 unspecified atom stereocenters. The summed E-state index contributed by atoms with van der Waals surface area (Å²) in [5.74, 6) is 0.566. The topological polar surface area (TPSA) is 32.3 Å². The van der Waals surface area contributed by atoms with E-state index in [1.807, 2.05) is 12.1 Å². The fourth-order valence-electron chi connectivity index (χ4n) is 2.44. The van der Waals surface area contributed by atoms with Crippen molar-refractivity contribution in [3.63, 3.8) is 0 Å². The highest BCUT2D eigenvalue weighted by Gasteiger charge is 2.12. The monoisotopic (exact) mass is 283 g/mol. The third-order valence-corrected chi connectivity index (χ3v) is 3.82. The van der Waals surface area contributed by atoms with Gasteiger partial charge in [0.2, 0.25) is 0 Å². The highest BCUT2D eigenvalue weighted by molar-refractivity contribution is 6.30. The molecule has 0 aliphatic carbocycles. The second-order valence-electron chi connectivity index (χ2n) is 5.09. The second-order valence-corrected chi connectivity index (χ2v) is 5.52. The maximum Gasteiger partial charge on any atom is 0.0434 e. The van der Waals surface area contributed by atoms with Crippen LogP contribution in [0.4, 0.5) is 0 Å². The molecule has 0 bridgehead atoms. The summed E-state index contributed by atoms with van der Waals surface area (Å²) in [5, 5.41) is 13.5. The minimum atomic E-state index is 0.282. The zero-order valence-corrected chi connectivity index (χ0v) is 12.8. The van der Waals surface area contributed by atoms with E-state index in [9.17, 15) is 0 Å². The third kappa shape index (κ3) is 5.94. The van der Waals surface area contributed by atoms with Crippen LogP contribution < -0.4 is 5.32 Å². The summed E-state index contributed by atoms with van der Waals surface area (Å²) in [4.78, 5) is 0. The molecule has 0 aliphatic heterocycles. The Labute approximate surface area is 122 Å². The van der Waals surface area contributed by atoms with Gasteiger partial charge in [0, 0.05) is 17.7 Å². The lowest BCUT2D eigenvalue weighted by atomic mass is 9.98. The van der Waals surface area contributed by atoms with Crippen molar-refractivity contribution in [2.75, 3.05) is 13.2 Å². The first kappa shape index (κ1) is 16.5. The van der Waals surface area contributed by atoms with E-state index in [2.05, 4.69) is 31.3 Å². The van der Waals surface area contributed by atoms with Gasteiger partial charge in [-0.3, -0.25) is 0 Å². The summed E-state index contributed by atoms with van der Waals surface area (Å²) in [7, 11) is 0. The Bertz CT molecular complexity index is 333. The Kier molecular flexibility index (Phi) is 8.11. The van der Waals surface area contributed by atoms with Crippen molar-refractivity contribution in [2.24, 2.45) is 5.92 Å². The standard InChI is InChI=1S/C16H26ClNO/c1-3-5-13(10-11-19)12-18-16(4-2)14-6-8-15(17)9-7-14/h6-9,13,16,18-19H,3-5,10-12H2,1-2H3. The Balaban J connectivity index is 2.53. The Morgan fingerprint density at radius 2 is 1.84 bits per heavy atom. The van der Waals surface area contributed by atoms with E-state index < -0.39 is 0 Å². The van der Waals surface area contributed by atoms with Crippen LogP contribution in [0.2, 0.25) is 5.02 Å². The summed E-state index contributed by atoms with van der Waals surface area (Å²) >= 11 is 5.92. The summed E-state index contributed by atoms with van der Waals surface area (Å²) in [6, 6.07) is 8.43. The highest BCUT2D eigenvalue weighted by Crippen LogP contribution is 2.20. The number of hydrogen-bond donors (Lipinski definition) is 2. The SMILES string of the molecule is CCCC(CCO)CNC(CC)c1ccc(Cl)cc1. The van der Waals surface area contributed by atoms with E-state index in [-0.39, 0.29) is 6.61 Å². The first-order valence-electron chi connectivity index (χ1n) is 7.30.